The molecular weight excluding hydrogens is 663 g/mol. The molecular formula is C54H37N. The molecule has 0 amide bonds. The van der Waals surface area contributed by atoms with E-state index in [0.717, 1.165) is 17.1 Å². The SMILES string of the molecule is c1ccc(-c2c(-c3ccc(N(c4ccc(-c5ccc(-c6cccc7ccccc67)cc5)cc4)c4cccc5ccccc45)cc3)ccc3ccccc23)cc1. The molecule has 0 aliphatic carbocycles. The van der Waals surface area contributed by atoms with Crippen LogP contribution in [0.5, 0.6) is 0 Å². The molecule has 0 unspecified atom stereocenters. The summed E-state index contributed by atoms with van der Waals surface area (Å²) >= 11 is 0. The van der Waals surface area contributed by atoms with Gasteiger partial charge in [-0.15, -0.1) is 0 Å². The molecule has 0 aliphatic rings. The third-order valence-corrected chi connectivity index (χ3v) is 10.9. The molecule has 1 heteroatoms. The maximum atomic E-state index is 2.39. The Balaban J connectivity index is 1.03. The smallest absolute Gasteiger partial charge is 0.0540 e. The van der Waals surface area contributed by atoms with E-state index in [0.29, 0.717) is 0 Å². The molecule has 0 heterocycles. The molecule has 0 atom stereocenters. The largest absolute Gasteiger partial charge is 0.310 e. The van der Waals surface area contributed by atoms with Crippen LogP contribution < -0.4 is 4.90 Å². The zero-order chi connectivity index (χ0) is 36.6. The highest BCUT2D eigenvalue weighted by Gasteiger charge is 2.17. The quantitative estimate of drug-likeness (QED) is 0.160. The molecule has 0 saturated heterocycles. The van der Waals surface area contributed by atoms with Gasteiger partial charge in [0.25, 0.3) is 0 Å². The lowest BCUT2D eigenvalue weighted by atomic mass is 9.90. The fourth-order valence-corrected chi connectivity index (χ4v) is 8.17. The lowest BCUT2D eigenvalue weighted by molar-refractivity contribution is 1.30. The van der Waals surface area contributed by atoms with E-state index < -0.39 is 0 Å². The van der Waals surface area contributed by atoms with E-state index >= 15 is 0 Å². The molecule has 0 N–H and O–H groups in total. The van der Waals surface area contributed by atoms with E-state index in [-0.39, 0.29) is 0 Å². The van der Waals surface area contributed by atoms with Crippen LogP contribution in [0.15, 0.2) is 224 Å². The Kier molecular flexibility index (Phi) is 8.24. The summed E-state index contributed by atoms with van der Waals surface area (Å²) < 4.78 is 0. The molecule has 0 fully saturated rings. The van der Waals surface area contributed by atoms with Gasteiger partial charge < -0.3 is 4.90 Å². The van der Waals surface area contributed by atoms with E-state index in [2.05, 4.69) is 229 Å². The van der Waals surface area contributed by atoms with Crippen LogP contribution in [0.3, 0.4) is 0 Å². The second-order valence-electron chi connectivity index (χ2n) is 14.1. The van der Waals surface area contributed by atoms with Crippen LogP contribution in [-0.2, 0) is 0 Å². The first-order valence-corrected chi connectivity index (χ1v) is 18.9. The predicted molar refractivity (Wildman–Crippen MR) is 235 cm³/mol. The van der Waals surface area contributed by atoms with Crippen molar-refractivity contribution in [3.05, 3.63) is 224 Å². The molecule has 10 rings (SSSR count). The number of nitrogens with zero attached hydrogens (tertiary/aromatic N) is 1. The van der Waals surface area contributed by atoms with E-state index in [1.165, 1.54) is 76.8 Å². The Labute approximate surface area is 322 Å². The molecule has 258 valence electrons. The number of rotatable bonds is 7. The van der Waals surface area contributed by atoms with Crippen molar-refractivity contribution in [1.29, 1.82) is 0 Å². The van der Waals surface area contributed by atoms with E-state index in [4.69, 9.17) is 0 Å². The van der Waals surface area contributed by atoms with Gasteiger partial charge in [-0.05, 0) is 102 Å². The van der Waals surface area contributed by atoms with Gasteiger partial charge in [0.15, 0.2) is 0 Å². The van der Waals surface area contributed by atoms with Crippen molar-refractivity contribution in [3.8, 4) is 44.5 Å². The fraction of sp³-hybridized carbons (Fsp3) is 0. The molecule has 0 saturated carbocycles. The summed E-state index contributed by atoms with van der Waals surface area (Å²) in [6.07, 6.45) is 0. The summed E-state index contributed by atoms with van der Waals surface area (Å²) in [7, 11) is 0. The molecule has 0 bridgehead atoms. The summed E-state index contributed by atoms with van der Waals surface area (Å²) in [5.41, 5.74) is 13.1. The second kappa shape index (κ2) is 14.0. The highest BCUT2D eigenvalue weighted by Crippen LogP contribution is 2.42. The van der Waals surface area contributed by atoms with Gasteiger partial charge in [0, 0.05) is 16.8 Å². The first kappa shape index (κ1) is 32.4. The van der Waals surface area contributed by atoms with Gasteiger partial charge in [-0.2, -0.15) is 0 Å². The predicted octanol–water partition coefficient (Wildman–Crippen LogP) is 15.3. The van der Waals surface area contributed by atoms with Gasteiger partial charge in [-0.1, -0.05) is 194 Å². The van der Waals surface area contributed by atoms with Crippen LogP contribution >= 0.6 is 0 Å². The summed E-state index contributed by atoms with van der Waals surface area (Å²) in [6.45, 7) is 0. The van der Waals surface area contributed by atoms with Crippen LogP contribution in [0.1, 0.15) is 0 Å². The maximum absolute atomic E-state index is 2.39. The van der Waals surface area contributed by atoms with Crippen LogP contribution in [0.4, 0.5) is 17.1 Å². The monoisotopic (exact) mass is 699 g/mol. The van der Waals surface area contributed by atoms with Crippen LogP contribution in [0, 0.1) is 0 Å². The summed E-state index contributed by atoms with van der Waals surface area (Å²) in [6, 6.07) is 81.4. The van der Waals surface area contributed by atoms with Crippen molar-refractivity contribution >= 4 is 49.4 Å². The highest BCUT2D eigenvalue weighted by molar-refractivity contribution is 6.05. The van der Waals surface area contributed by atoms with E-state index in [1.807, 2.05) is 0 Å². The van der Waals surface area contributed by atoms with Gasteiger partial charge in [0.05, 0.1) is 5.69 Å². The number of hydrogen-bond acceptors (Lipinski definition) is 1. The molecule has 0 aromatic heterocycles. The first-order chi connectivity index (χ1) is 27.3. The zero-order valence-corrected chi connectivity index (χ0v) is 30.3. The Morgan fingerprint density at radius 3 is 1.36 bits per heavy atom. The zero-order valence-electron chi connectivity index (χ0n) is 30.3. The molecule has 55 heavy (non-hydrogen) atoms. The minimum Gasteiger partial charge on any atom is -0.310 e. The lowest BCUT2D eigenvalue weighted by Crippen LogP contribution is -2.10. The van der Waals surface area contributed by atoms with E-state index in [1.54, 1.807) is 0 Å². The molecule has 10 aromatic carbocycles. The Morgan fingerprint density at radius 2 is 0.691 bits per heavy atom. The molecule has 10 aromatic rings. The van der Waals surface area contributed by atoms with E-state index in [9.17, 15) is 0 Å². The van der Waals surface area contributed by atoms with Crippen LogP contribution in [0.2, 0.25) is 0 Å². The summed E-state index contributed by atoms with van der Waals surface area (Å²) in [5.74, 6) is 0. The average molecular weight is 700 g/mol. The van der Waals surface area contributed by atoms with Gasteiger partial charge >= 0.3 is 0 Å². The Bertz CT molecular complexity index is 2930. The van der Waals surface area contributed by atoms with Crippen molar-refractivity contribution in [2.45, 2.75) is 0 Å². The topological polar surface area (TPSA) is 3.24 Å². The maximum Gasteiger partial charge on any atom is 0.0540 e. The van der Waals surface area contributed by atoms with Crippen LogP contribution in [0.25, 0.3) is 76.8 Å². The van der Waals surface area contributed by atoms with Crippen molar-refractivity contribution in [2.24, 2.45) is 0 Å². The fourth-order valence-electron chi connectivity index (χ4n) is 8.17. The summed E-state index contributed by atoms with van der Waals surface area (Å²) in [5, 5.41) is 7.47. The van der Waals surface area contributed by atoms with Gasteiger partial charge in [0.2, 0.25) is 0 Å². The second-order valence-corrected chi connectivity index (χ2v) is 14.1. The number of benzene rings is 10. The number of fused-ring (bicyclic) bond motifs is 3. The first-order valence-electron chi connectivity index (χ1n) is 18.9. The normalized spacial score (nSPS) is 11.3. The van der Waals surface area contributed by atoms with Gasteiger partial charge in [-0.3, -0.25) is 0 Å². The molecule has 0 aliphatic heterocycles. The van der Waals surface area contributed by atoms with Gasteiger partial charge in [-0.25, -0.2) is 0 Å². The molecule has 0 spiro atoms. The number of hydrogen-bond donors (Lipinski definition) is 0. The van der Waals surface area contributed by atoms with Crippen molar-refractivity contribution in [2.75, 3.05) is 4.90 Å². The lowest BCUT2D eigenvalue weighted by Gasteiger charge is -2.27. The average Bonchev–Trinajstić information content (AvgIpc) is 3.27. The third kappa shape index (κ3) is 6.02. The summed E-state index contributed by atoms with van der Waals surface area (Å²) in [4.78, 5) is 2.39. The Hall–Kier alpha value is -7.22. The minimum absolute atomic E-state index is 1.11. The molecule has 1 nitrogen and oxygen atoms in total. The number of anilines is 3. The van der Waals surface area contributed by atoms with Crippen molar-refractivity contribution in [1.82, 2.24) is 0 Å². The van der Waals surface area contributed by atoms with Gasteiger partial charge in [0.1, 0.15) is 0 Å². The Morgan fingerprint density at radius 1 is 0.236 bits per heavy atom. The molecule has 0 radical (unpaired) electrons. The van der Waals surface area contributed by atoms with Crippen LogP contribution in [-0.4, -0.2) is 0 Å². The standard InChI is InChI=1S/C54H37N/c1-2-15-45(16-3-1)54-51-21-9-6-14-42(51)32-37-52(54)44-30-35-47(36-31-44)55(53-23-11-18-41-13-5-8-20-50(41)53)46-33-28-39(29-34-46)38-24-26-43(27-25-38)49-22-10-17-40-12-4-7-19-48(40)49/h1-37H. The van der Waals surface area contributed by atoms with Crippen molar-refractivity contribution in [3.63, 3.8) is 0 Å². The third-order valence-electron chi connectivity index (χ3n) is 10.9. The minimum atomic E-state index is 1.11. The highest BCUT2D eigenvalue weighted by atomic mass is 15.1. The van der Waals surface area contributed by atoms with Crippen molar-refractivity contribution < 1.29 is 0 Å².